The molecule has 7 nitrogen and oxygen atoms in total. The molecule has 0 radical (unpaired) electrons. The third-order valence-electron chi connectivity index (χ3n) is 2.80. The Labute approximate surface area is 121 Å². The van der Waals surface area contributed by atoms with E-state index in [2.05, 4.69) is 19.9 Å². The topological polar surface area (TPSA) is 91.7 Å². The van der Waals surface area contributed by atoms with Gasteiger partial charge in [0.05, 0.1) is 12.2 Å². The molecule has 2 aromatic heterocycles. The van der Waals surface area contributed by atoms with E-state index in [0.29, 0.717) is 24.1 Å². The Hall–Kier alpha value is -2.96. The number of benzene rings is 1. The Balaban J connectivity index is 2.11. The van der Waals surface area contributed by atoms with E-state index in [1.54, 1.807) is 23.3 Å². The molecule has 2 N–H and O–H groups in total. The summed E-state index contributed by atoms with van der Waals surface area (Å²) in [6.45, 7) is 2.49. The van der Waals surface area contributed by atoms with E-state index in [-0.39, 0.29) is 5.95 Å². The Bertz CT molecular complexity index is 741. The quantitative estimate of drug-likeness (QED) is 0.783. The van der Waals surface area contributed by atoms with E-state index in [4.69, 9.17) is 10.5 Å². The van der Waals surface area contributed by atoms with Gasteiger partial charge in [0.1, 0.15) is 12.1 Å². The number of ether oxygens (including phenoxy) is 1. The lowest BCUT2D eigenvalue weighted by Crippen LogP contribution is -2.07. The molecule has 0 aliphatic carbocycles. The first-order valence-electron chi connectivity index (χ1n) is 6.50. The van der Waals surface area contributed by atoms with Gasteiger partial charge in [0.25, 0.3) is 0 Å². The van der Waals surface area contributed by atoms with Gasteiger partial charge >= 0.3 is 0 Å². The minimum Gasteiger partial charge on any atom is -0.493 e. The van der Waals surface area contributed by atoms with E-state index in [1.165, 1.54) is 0 Å². The third-order valence-corrected chi connectivity index (χ3v) is 2.80. The molecule has 106 valence electrons. The van der Waals surface area contributed by atoms with E-state index < -0.39 is 0 Å². The number of anilines is 1. The molecule has 3 aromatic rings. The molecule has 7 heteroatoms. The lowest BCUT2D eigenvalue weighted by atomic mass is 10.2. The highest BCUT2D eigenvalue weighted by molar-refractivity contribution is 5.65. The van der Waals surface area contributed by atoms with Crippen LogP contribution in [-0.4, -0.2) is 31.1 Å². The van der Waals surface area contributed by atoms with Crippen LogP contribution in [0, 0.1) is 0 Å². The molecule has 0 bridgehead atoms. The van der Waals surface area contributed by atoms with Gasteiger partial charge in [0.2, 0.25) is 11.9 Å². The van der Waals surface area contributed by atoms with Crippen LogP contribution in [0.25, 0.3) is 17.3 Å². The first kappa shape index (κ1) is 13.0. The molecule has 0 saturated carbocycles. The zero-order valence-electron chi connectivity index (χ0n) is 11.5. The maximum absolute atomic E-state index is 5.79. The lowest BCUT2D eigenvalue weighted by molar-refractivity contribution is 0.341. The molecule has 1 aromatic carbocycles. The summed E-state index contributed by atoms with van der Waals surface area (Å²) in [4.78, 5) is 16.7. The van der Waals surface area contributed by atoms with Crippen molar-refractivity contribution in [2.45, 2.75) is 6.92 Å². The number of hydrogen-bond donors (Lipinski definition) is 1. The predicted molar refractivity (Wildman–Crippen MR) is 78.0 cm³/mol. The summed E-state index contributed by atoms with van der Waals surface area (Å²) < 4.78 is 7.27. The van der Waals surface area contributed by atoms with Gasteiger partial charge in [-0.2, -0.15) is 15.0 Å². The van der Waals surface area contributed by atoms with Crippen molar-refractivity contribution < 1.29 is 4.74 Å². The van der Waals surface area contributed by atoms with Crippen molar-refractivity contribution in [1.29, 1.82) is 0 Å². The van der Waals surface area contributed by atoms with Gasteiger partial charge in [-0.25, -0.2) is 4.98 Å². The molecular weight excluding hydrogens is 268 g/mol. The highest BCUT2D eigenvalue weighted by Crippen LogP contribution is 2.27. The molecule has 21 heavy (non-hydrogen) atoms. The first-order valence-corrected chi connectivity index (χ1v) is 6.50. The molecule has 0 fully saturated rings. The highest BCUT2D eigenvalue weighted by atomic mass is 16.5. The predicted octanol–water partition coefficient (Wildman–Crippen LogP) is 1.71. The van der Waals surface area contributed by atoms with Crippen LogP contribution >= 0.6 is 0 Å². The van der Waals surface area contributed by atoms with Crippen molar-refractivity contribution in [2.24, 2.45) is 0 Å². The standard InChI is InChI=1S/C14H14N6O/c1-2-21-11-6-4-3-5-10(11)12-17-13(15)19-14(18-12)20-8-7-16-9-20/h3-9H,2H2,1H3,(H2,15,17,18,19). The van der Waals surface area contributed by atoms with E-state index in [1.807, 2.05) is 31.2 Å². The lowest BCUT2D eigenvalue weighted by Gasteiger charge is -2.10. The molecule has 0 atom stereocenters. The molecular formula is C14H14N6O. The second-order valence-corrected chi connectivity index (χ2v) is 4.22. The average molecular weight is 282 g/mol. The summed E-state index contributed by atoms with van der Waals surface area (Å²) >= 11 is 0. The number of hydrogen-bond acceptors (Lipinski definition) is 6. The number of imidazole rings is 1. The van der Waals surface area contributed by atoms with Crippen molar-refractivity contribution in [3.8, 4) is 23.1 Å². The summed E-state index contributed by atoms with van der Waals surface area (Å²) in [7, 11) is 0. The number of nitrogens with two attached hydrogens (primary N) is 1. The van der Waals surface area contributed by atoms with Gasteiger partial charge < -0.3 is 10.5 Å². The van der Waals surface area contributed by atoms with Gasteiger partial charge in [-0.1, -0.05) is 12.1 Å². The second kappa shape index (κ2) is 5.58. The second-order valence-electron chi connectivity index (χ2n) is 4.22. The molecule has 0 aliphatic rings. The van der Waals surface area contributed by atoms with Crippen LogP contribution in [0.5, 0.6) is 5.75 Å². The van der Waals surface area contributed by atoms with Crippen molar-refractivity contribution in [1.82, 2.24) is 24.5 Å². The molecule has 0 aliphatic heterocycles. The zero-order valence-corrected chi connectivity index (χ0v) is 11.5. The summed E-state index contributed by atoms with van der Waals surface area (Å²) in [5.74, 6) is 1.74. The third kappa shape index (κ3) is 2.66. The van der Waals surface area contributed by atoms with Crippen LogP contribution in [0.3, 0.4) is 0 Å². The van der Waals surface area contributed by atoms with Crippen LogP contribution in [-0.2, 0) is 0 Å². The van der Waals surface area contributed by atoms with Gasteiger partial charge in [-0.15, -0.1) is 0 Å². The van der Waals surface area contributed by atoms with Crippen LogP contribution < -0.4 is 10.5 Å². The number of nitrogen functional groups attached to an aromatic ring is 1. The molecule has 0 amide bonds. The largest absolute Gasteiger partial charge is 0.493 e. The van der Waals surface area contributed by atoms with Crippen molar-refractivity contribution in [3.63, 3.8) is 0 Å². The van der Waals surface area contributed by atoms with Gasteiger partial charge in [0, 0.05) is 12.4 Å². The van der Waals surface area contributed by atoms with Gasteiger partial charge in [-0.05, 0) is 19.1 Å². The van der Waals surface area contributed by atoms with Crippen LogP contribution in [0.1, 0.15) is 6.92 Å². The summed E-state index contributed by atoms with van der Waals surface area (Å²) in [5.41, 5.74) is 6.56. The Morgan fingerprint density at radius 3 is 2.81 bits per heavy atom. The first-order chi connectivity index (χ1) is 10.3. The van der Waals surface area contributed by atoms with Crippen LogP contribution in [0.2, 0.25) is 0 Å². The van der Waals surface area contributed by atoms with Gasteiger partial charge in [-0.3, -0.25) is 4.57 Å². The smallest absolute Gasteiger partial charge is 0.240 e. The number of aromatic nitrogens is 5. The zero-order chi connectivity index (χ0) is 14.7. The normalized spacial score (nSPS) is 10.5. The maximum Gasteiger partial charge on any atom is 0.240 e. The molecule has 0 spiro atoms. The fourth-order valence-electron chi connectivity index (χ4n) is 1.93. The number of para-hydroxylation sites is 1. The molecule has 0 unspecified atom stereocenters. The SMILES string of the molecule is CCOc1ccccc1-c1nc(N)nc(-n2ccnc2)n1. The number of rotatable bonds is 4. The van der Waals surface area contributed by atoms with Crippen molar-refractivity contribution in [3.05, 3.63) is 43.0 Å². The summed E-state index contributed by atoms with van der Waals surface area (Å²) in [5, 5.41) is 0. The van der Waals surface area contributed by atoms with E-state index >= 15 is 0 Å². The Morgan fingerprint density at radius 1 is 1.19 bits per heavy atom. The van der Waals surface area contributed by atoms with Crippen LogP contribution in [0.4, 0.5) is 5.95 Å². The Kier molecular flexibility index (Phi) is 3.46. The Morgan fingerprint density at radius 2 is 2.05 bits per heavy atom. The van der Waals surface area contributed by atoms with Crippen molar-refractivity contribution >= 4 is 5.95 Å². The van der Waals surface area contributed by atoms with Crippen LogP contribution in [0.15, 0.2) is 43.0 Å². The molecule has 3 rings (SSSR count). The fourth-order valence-corrected chi connectivity index (χ4v) is 1.93. The average Bonchev–Trinajstić information content (AvgIpc) is 3.02. The van der Waals surface area contributed by atoms with E-state index in [9.17, 15) is 0 Å². The fraction of sp³-hybridized carbons (Fsp3) is 0.143. The van der Waals surface area contributed by atoms with Crippen molar-refractivity contribution in [2.75, 3.05) is 12.3 Å². The van der Waals surface area contributed by atoms with E-state index in [0.717, 1.165) is 5.56 Å². The highest BCUT2D eigenvalue weighted by Gasteiger charge is 2.12. The minimum absolute atomic E-state index is 0.148. The maximum atomic E-state index is 5.79. The summed E-state index contributed by atoms with van der Waals surface area (Å²) in [6.07, 6.45) is 4.99. The number of nitrogens with zero attached hydrogens (tertiary/aromatic N) is 5. The monoisotopic (exact) mass is 282 g/mol. The van der Waals surface area contributed by atoms with Gasteiger partial charge in [0.15, 0.2) is 5.82 Å². The summed E-state index contributed by atoms with van der Waals surface area (Å²) in [6, 6.07) is 7.55. The molecule has 0 saturated heterocycles. The molecule has 2 heterocycles. The minimum atomic E-state index is 0.148.